The molecule has 1 heterocycles. The molecule has 3 aromatic carbocycles. The van der Waals surface area contributed by atoms with Crippen molar-refractivity contribution in [2.45, 2.75) is 46.4 Å². The molecular weight excluding hydrogens is 445 g/mol. The van der Waals surface area contributed by atoms with Crippen LogP contribution < -0.4 is 10.5 Å². The number of benzene rings is 3. The van der Waals surface area contributed by atoms with E-state index >= 15 is 4.39 Å². The van der Waals surface area contributed by atoms with E-state index in [4.69, 9.17) is 20.3 Å². The molecule has 0 aliphatic heterocycles. The van der Waals surface area contributed by atoms with Gasteiger partial charge in [-0.1, -0.05) is 42.5 Å². The highest BCUT2D eigenvalue weighted by atomic mass is 19.1. The number of halogens is 1. The molecule has 0 fully saturated rings. The van der Waals surface area contributed by atoms with Crippen LogP contribution >= 0.6 is 0 Å². The van der Waals surface area contributed by atoms with Crippen LogP contribution in [0.2, 0.25) is 0 Å². The standard InChI is InChI=1S/C28H30FN3O3/c1-4-34-27(33)15-20-8-5-6-11-26(20)35-17-24-23-14-19(12-13-25(23)32(31-24)18(2)3)22-10-7-9-21(16-30)28(22)29/h5-14,18H,4,15-17,30H2,1-3H3. The lowest BCUT2D eigenvalue weighted by atomic mass is 10.00. The van der Waals surface area contributed by atoms with Gasteiger partial charge in [0, 0.05) is 34.7 Å². The first-order valence-electron chi connectivity index (χ1n) is 11.8. The fraction of sp³-hybridized carbons (Fsp3) is 0.286. The second-order valence-electron chi connectivity index (χ2n) is 8.58. The number of hydrogen-bond acceptors (Lipinski definition) is 5. The van der Waals surface area contributed by atoms with Crippen LogP contribution in [0.15, 0.2) is 60.7 Å². The molecule has 0 saturated heterocycles. The minimum atomic E-state index is -0.309. The first kappa shape index (κ1) is 24.4. The summed E-state index contributed by atoms with van der Waals surface area (Å²) < 4.78 is 28.2. The van der Waals surface area contributed by atoms with Crippen molar-refractivity contribution in [2.24, 2.45) is 5.73 Å². The molecule has 0 bridgehead atoms. The van der Waals surface area contributed by atoms with Gasteiger partial charge in [-0.2, -0.15) is 5.10 Å². The maximum Gasteiger partial charge on any atom is 0.310 e. The number of rotatable bonds is 9. The summed E-state index contributed by atoms with van der Waals surface area (Å²) in [4.78, 5) is 12.0. The lowest BCUT2D eigenvalue weighted by molar-refractivity contribution is -0.142. The number of nitrogens with two attached hydrogens (primary N) is 1. The van der Waals surface area contributed by atoms with Crippen LogP contribution in [0.25, 0.3) is 22.0 Å². The Hall–Kier alpha value is -3.71. The zero-order valence-electron chi connectivity index (χ0n) is 20.3. The Morgan fingerprint density at radius 1 is 1.09 bits per heavy atom. The Kier molecular flexibility index (Phi) is 7.46. The summed E-state index contributed by atoms with van der Waals surface area (Å²) >= 11 is 0. The molecule has 0 spiro atoms. The molecule has 182 valence electrons. The zero-order chi connectivity index (χ0) is 24.9. The maximum atomic E-state index is 15.0. The van der Waals surface area contributed by atoms with E-state index in [-0.39, 0.29) is 37.4 Å². The average molecular weight is 476 g/mol. The van der Waals surface area contributed by atoms with Gasteiger partial charge in [0.15, 0.2) is 0 Å². The summed E-state index contributed by atoms with van der Waals surface area (Å²) in [6.07, 6.45) is 0.131. The molecule has 4 rings (SSSR count). The fourth-order valence-electron chi connectivity index (χ4n) is 4.14. The smallest absolute Gasteiger partial charge is 0.310 e. The zero-order valence-corrected chi connectivity index (χ0v) is 20.3. The number of carbonyl (C=O) groups is 1. The van der Waals surface area contributed by atoms with E-state index in [1.165, 1.54) is 0 Å². The minimum absolute atomic E-state index is 0.130. The van der Waals surface area contributed by atoms with Crippen LogP contribution in [0, 0.1) is 5.82 Å². The van der Waals surface area contributed by atoms with Crippen molar-refractivity contribution >= 4 is 16.9 Å². The van der Waals surface area contributed by atoms with Gasteiger partial charge in [0.05, 0.1) is 18.5 Å². The van der Waals surface area contributed by atoms with Crippen LogP contribution in [0.3, 0.4) is 0 Å². The maximum absolute atomic E-state index is 15.0. The van der Waals surface area contributed by atoms with Crippen molar-refractivity contribution in [3.63, 3.8) is 0 Å². The molecule has 35 heavy (non-hydrogen) atoms. The van der Waals surface area contributed by atoms with Crippen molar-refractivity contribution < 1.29 is 18.7 Å². The summed E-state index contributed by atoms with van der Waals surface area (Å²) in [6, 6.07) is 18.6. The van der Waals surface area contributed by atoms with Crippen molar-refractivity contribution in [3.8, 4) is 16.9 Å². The van der Waals surface area contributed by atoms with Gasteiger partial charge >= 0.3 is 5.97 Å². The van der Waals surface area contributed by atoms with E-state index in [0.717, 1.165) is 27.7 Å². The van der Waals surface area contributed by atoms with E-state index in [1.807, 2.05) is 53.2 Å². The number of esters is 1. The third kappa shape index (κ3) is 5.20. The monoisotopic (exact) mass is 475 g/mol. The fourth-order valence-corrected chi connectivity index (χ4v) is 4.14. The first-order valence-corrected chi connectivity index (χ1v) is 11.8. The van der Waals surface area contributed by atoms with Gasteiger partial charge in [-0.3, -0.25) is 9.48 Å². The van der Waals surface area contributed by atoms with E-state index in [9.17, 15) is 4.79 Å². The summed E-state index contributed by atoms with van der Waals surface area (Å²) in [5.74, 6) is -0.00796. The molecular formula is C28H30FN3O3. The number of nitrogens with zero attached hydrogens (tertiary/aromatic N) is 2. The number of carbonyl (C=O) groups excluding carboxylic acids is 1. The molecule has 4 aromatic rings. The highest BCUT2D eigenvalue weighted by Gasteiger charge is 2.17. The quantitative estimate of drug-likeness (QED) is 0.320. The summed E-state index contributed by atoms with van der Waals surface area (Å²) in [7, 11) is 0. The molecule has 0 aliphatic rings. The number of hydrogen-bond donors (Lipinski definition) is 1. The van der Waals surface area contributed by atoms with Gasteiger partial charge < -0.3 is 15.2 Å². The van der Waals surface area contributed by atoms with Crippen molar-refractivity contribution in [1.82, 2.24) is 9.78 Å². The second kappa shape index (κ2) is 10.7. The van der Waals surface area contributed by atoms with Gasteiger partial charge in [-0.15, -0.1) is 0 Å². The minimum Gasteiger partial charge on any atom is -0.487 e. The highest BCUT2D eigenvalue weighted by Crippen LogP contribution is 2.31. The number of para-hydroxylation sites is 1. The molecule has 0 unspecified atom stereocenters. The SMILES string of the molecule is CCOC(=O)Cc1ccccc1OCc1nn(C(C)C)c2ccc(-c3cccc(CN)c3F)cc12. The van der Waals surface area contributed by atoms with Gasteiger partial charge in [-0.25, -0.2) is 4.39 Å². The van der Waals surface area contributed by atoms with Crippen LogP contribution in [0.4, 0.5) is 4.39 Å². The molecule has 6 nitrogen and oxygen atoms in total. The van der Waals surface area contributed by atoms with Gasteiger partial charge in [0.1, 0.15) is 23.9 Å². The molecule has 0 atom stereocenters. The van der Waals surface area contributed by atoms with Crippen LogP contribution in [0.5, 0.6) is 5.75 Å². The van der Waals surface area contributed by atoms with E-state index in [1.54, 1.807) is 19.1 Å². The third-order valence-electron chi connectivity index (χ3n) is 5.86. The summed E-state index contributed by atoms with van der Waals surface area (Å²) in [5, 5.41) is 5.69. The largest absolute Gasteiger partial charge is 0.487 e. The van der Waals surface area contributed by atoms with Crippen LogP contribution in [0.1, 0.15) is 43.6 Å². The highest BCUT2D eigenvalue weighted by molar-refractivity contribution is 5.87. The van der Waals surface area contributed by atoms with E-state index < -0.39 is 0 Å². The van der Waals surface area contributed by atoms with Crippen LogP contribution in [-0.4, -0.2) is 22.4 Å². The Morgan fingerprint density at radius 3 is 2.60 bits per heavy atom. The van der Waals surface area contributed by atoms with Crippen molar-refractivity contribution in [1.29, 1.82) is 0 Å². The van der Waals surface area contributed by atoms with Crippen LogP contribution in [-0.2, 0) is 29.1 Å². The summed E-state index contributed by atoms with van der Waals surface area (Å²) in [5.41, 5.74) is 9.85. The van der Waals surface area contributed by atoms with E-state index in [0.29, 0.717) is 23.5 Å². The normalized spacial score (nSPS) is 11.3. The Labute approximate surface area is 204 Å². The number of aromatic nitrogens is 2. The van der Waals surface area contributed by atoms with E-state index in [2.05, 4.69) is 13.8 Å². The lowest BCUT2D eigenvalue weighted by Gasteiger charge is -2.11. The summed E-state index contributed by atoms with van der Waals surface area (Å²) in [6.45, 7) is 6.57. The predicted octanol–water partition coefficient (Wildman–Crippen LogP) is 5.57. The van der Waals surface area contributed by atoms with Gasteiger partial charge in [0.2, 0.25) is 0 Å². The number of fused-ring (bicyclic) bond motifs is 1. The number of ether oxygens (including phenoxy) is 2. The van der Waals surface area contributed by atoms with Crippen molar-refractivity contribution in [3.05, 3.63) is 83.3 Å². The van der Waals surface area contributed by atoms with Gasteiger partial charge in [-0.05, 0) is 44.5 Å². The van der Waals surface area contributed by atoms with Gasteiger partial charge in [0.25, 0.3) is 0 Å². The molecule has 2 N–H and O–H groups in total. The van der Waals surface area contributed by atoms with Crippen molar-refractivity contribution in [2.75, 3.05) is 6.61 Å². The average Bonchev–Trinajstić information content (AvgIpc) is 3.22. The molecule has 1 aromatic heterocycles. The Bertz CT molecular complexity index is 1350. The molecule has 0 saturated carbocycles. The molecule has 7 heteroatoms. The second-order valence-corrected chi connectivity index (χ2v) is 8.58. The predicted molar refractivity (Wildman–Crippen MR) is 135 cm³/mol. The molecule has 0 aliphatic carbocycles. The first-order chi connectivity index (χ1) is 16.9. The molecule has 0 amide bonds. The Morgan fingerprint density at radius 2 is 1.86 bits per heavy atom. The molecule has 0 radical (unpaired) electrons. The Balaban J connectivity index is 1.69. The topological polar surface area (TPSA) is 79.4 Å². The lowest BCUT2D eigenvalue weighted by Crippen LogP contribution is -2.09. The third-order valence-corrected chi connectivity index (χ3v) is 5.86.